The number of rotatable bonds is 7. The van der Waals surface area contributed by atoms with Crippen molar-refractivity contribution in [2.24, 2.45) is 0 Å². The Morgan fingerprint density at radius 2 is 2.07 bits per heavy atom. The molecule has 0 aliphatic heterocycles. The van der Waals surface area contributed by atoms with Gasteiger partial charge in [-0.1, -0.05) is 6.92 Å². The van der Waals surface area contributed by atoms with Gasteiger partial charge in [0.1, 0.15) is 0 Å². The van der Waals surface area contributed by atoms with Crippen LogP contribution in [0.3, 0.4) is 0 Å². The molecule has 0 rings (SSSR count). The smallest absolute Gasteiger partial charge is 0.221 e. The molecule has 4 heteroatoms. The number of hydrogen-bond acceptors (Lipinski definition) is 3. The van der Waals surface area contributed by atoms with Crippen molar-refractivity contribution in [1.82, 2.24) is 10.6 Å². The monoisotopic (exact) mass is 218 g/mol. The van der Waals surface area contributed by atoms with Gasteiger partial charge in [0.2, 0.25) is 5.91 Å². The molecule has 0 spiro atoms. The number of hydrogen-bond donors (Lipinski definition) is 2. The fourth-order valence-electron chi connectivity index (χ4n) is 1.10. The highest BCUT2D eigenvalue weighted by Gasteiger charge is 2.07. The number of nitrogens with one attached hydrogen (secondary N) is 2. The van der Waals surface area contributed by atoms with Crippen molar-refractivity contribution in [3.8, 4) is 0 Å². The van der Waals surface area contributed by atoms with Crippen LogP contribution in [0.15, 0.2) is 0 Å². The maximum absolute atomic E-state index is 11.0. The summed E-state index contributed by atoms with van der Waals surface area (Å²) in [5.41, 5.74) is 0. The predicted octanol–water partition coefficient (Wildman–Crippen LogP) is 1.24. The van der Waals surface area contributed by atoms with Crippen molar-refractivity contribution in [3.05, 3.63) is 0 Å². The van der Waals surface area contributed by atoms with Gasteiger partial charge in [-0.05, 0) is 26.1 Å². The molecule has 2 N–H and O–H groups in total. The molecular weight excluding hydrogens is 196 g/mol. The van der Waals surface area contributed by atoms with Crippen LogP contribution in [0.1, 0.15) is 26.7 Å². The summed E-state index contributed by atoms with van der Waals surface area (Å²) in [6.45, 7) is 5.24. The van der Waals surface area contributed by atoms with Gasteiger partial charge in [-0.15, -0.1) is 0 Å². The van der Waals surface area contributed by atoms with Crippen LogP contribution in [0.25, 0.3) is 0 Å². The topological polar surface area (TPSA) is 41.1 Å². The minimum Gasteiger partial charge on any atom is -0.359 e. The van der Waals surface area contributed by atoms with E-state index < -0.39 is 0 Å². The van der Waals surface area contributed by atoms with Crippen LogP contribution in [0.4, 0.5) is 0 Å². The summed E-state index contributed by atoms with van der Waals surface area (Å²) in [7, 11) is 1.67. The van der Waals surface area contributed by atoms with Crippen LogP contribution >= 0.6 is 11.8 Å². The number of carbonyl (C=O) groups is 1. The van der Waals surface area contributed by atoms with Gasteiger partial charge in [0.05, 0.1) is 0 Å². The highest BCUT2D eigenvalue weighted by atomic mass is 32.2. The molecule has 0 aromatic rings. The van der Waals surface area contributed by atoms with E-state index in [4.69, 9.17) is 0 Å². The maximum Gasteiger partial charge on any atom is 0.221 e. The van der Waals surface area contributed by atoms with Gasteiger partial charge in [0, 0.05) is 24.8 Å². The van der Waals surface area contributed by atoms with Gasteiger partial charge < -0.3 is 10.6 Å². The van der Waals surface area contributed by atoms with Crippen LogP contribution in [0.2, 0.25) is 0 Å². The first-order valence-corrected chi connectivity index (χ1v) is 6.35. The predicted molar refractivity (Wildman–Crippen MR) is 63.7 cm³/mol. The molecule has 3 nitrogen and oxygen atoms in total. The molecular formula is C10H22N2OS. The van der Waals surface area contributed by atoms with E-state index >= 15 is 0 Å². The minimum atomic E-state index is 0.0999. The van der Waals surface area contributed by atoms with E-state index in [9.17, 15) is 4.79 Å². The van der Waals surface area contributed by atoms with Crippen molar-refractivity contribution in [2.45, 2.75) is 38.0 Å². The number of amides is 1. The highest BCUT2D eigenvalue weighted by molar-refractivity contribution is 7.99. The lowest BCUT2D eigenvalue weighted by Crippen LogP contribution is -2.33. The Kier molecular flexibility index (Phi) is 7.99. The largest absolute Gasteiger partial charge is 0.359 e. The average Bonchev–Trinajstić information content (AvgIpc) is 2.17. The van der Waals surface area contributed by atoms with E-state index in [1.165, 1.54) is 0 Å². The summed E-state index contributed by atoms with van der Waals surface area (Å²) in [6, 6.07) is 0.268. The van der Waals surface area contributed by atoms with Crippen molar-refractivity contribution >= 4 is 17.7 Å². The molecule has 0 aliphatic carbocycles. The van der Waals surface area contributed by atoms with Crippen LogP contribution in [0, 0.1) is 0 Å². The zero-order valence-electron chi connectivity index (χ0n) is 9.59. The molecule has 2 atom stereocenters. The third-order valence-corrected chi connectivity index (χ3v) is 3.26. The van der Waals surface area contributed by atoms with E-state index in [2.05, 4.69) is 23.8 Å². The molecule has 1 amide bonds. The third kappa shape index (κ3) is 7.21. The van der Waals surface area contributed by atoms with Gasteiger partial charge in [-0.2, -0.15) is 11.8 Å². The summed E-state index contributed by atoms with van der Waals surface area (Å²) in [5, 5.41) is 6.65. The number of thioether (sulfide) groups is 1. The first-order valence-electron chi connectivity index (χ1n) is 5.07. The van der Waals surface area contributed by atoms with Gasteiger partial charge >= 0.3 is 0 Å². The van der Waals surface area contributed by atoms with E-state index in [0.29, 0.717) is 11.7 Å². The Morgan fingerprint density at radius 1 is 1.43 bits per heavy atom. The normalized spacial score (nSPS) is 14.9. The third-order valence-electron chi connectivity index (χ3n) is 2.22. The second-order valence-electron chi connectivity index (χ2n) is 3.57. The molecule has 0 aromatic carbocycles. The minimum absolute atomic E-state index is 0.0999. The Hall–Kier alpha value is -0.220. The summed E-state index contributed by atoms with van der Waals surface area (Å²) < 4.78 is 0. The van der Waals surface area contributed by atoms with Crippen molar-refractivity contribution in [1.29, 1.82) is 0 Å². The Bertz CT molecular complexity index is 164. The van der Waals surface area contributed by atoms with Crippen LogP contribution < -0.4 is 10.6 Å². The lowest BCUT2D eigenvalue weighted by molar-refractivity contribution is -0.121. The maximum atomic E-state index is 11.0. The van der Waals surface area contributed by atoms with E-state index in [1.807, 2.05) is 18.7 Å². The SMILES string of the molecule is CNC(=O)CC(C)NCCC(C)SC. The molecule has 0 saturated carbocycles. The van der Waals surface area contributed by atoms with Crippen molar-refractivity contribution in [3.63, 3.8) is 0 Å². The van der Waals surface area contributed by atoms with E-state index in [0.717, 1.165) is 13.0 Å². The second-order valence-corrected chi connectivity index (χ2v) is 4.84. The molecule has 2 unspecified atom stereocenters. The summed E-state index contributed by atoms with van der Waals surface area (Å²) in [6.07, 6.45) is 3.84. The van der Waals surface area contributed by atoms with Crippen molar-refractivity contribution in [2.75, 3.05) is 19.8 Å². The molecule has 0 bridgehead atoms. The van der Waals surface area contributed by atoms with Crippen LogP contribution in [0.5, 0.6) is 0 Å². The molecule has 0 aliphatic rings. The van der Waals surface area contributed by atoms with Gasteiger partial charge in [-0.3, -0.25) is 4.79 Å². The van der Waals surface area contributed by atoms with E-state index in [1.54, 1.807) is 7.05 Å². The Labute approximate surface area is 91.4 Å². The molecule has 84 valence electrons. The zero-order chi connectivity index (χ0) is 11.0. The first-order chi connectivity index (χ1) is 6.60. The standard InChI is InChI=1S/C10H22N2OS/c1-8(7-10(13)11-3)12-6-5-9(2)14-4/h8-9,12H,5-7H2,1-4H3,(H,11,13). The molecule has 14 heavy (non-hydrogen) atoms. The van der Waals surface area contributed by atoms with Gasteiger partial charge in [-0.25, -0.2) is 0 Å². The first kappa shape index (κ1) is 13.8. The molecule has 0 radical (unpaired) electrons. The molecule has 0 fully saturated rings. The summed E-state index contributed by atoms with van der Waals surface area (Å²) >= 11 is 1.88. The van der Waals surface area contributed by atoms with Gasteiger partial charge in [0.15, 0.2) is 0 Å². The van der Waals surface area contributed by atoms with E-state index in [-0.39, 0.29) is 11.9 Å². The fraction of sp³-hybridized carbons (Fsp3) is 0.900. The zero-order valence-corrected chi connectivity index (χ0v) is 10.4. The summed E-state index contributed by atoms with van der Waals surface area (Å²) in [5.74, 6) is 0.0999. The van der Waals surface area contributed by atoms with Crippen LogP contribution in [-0.2, 0) is 4.79 Å². The molecule has 0 saturated heterocycles. The number of carbonyl (C=O) groups excluding carboxylic acids is 1. The lowest BCUT2D eigenvalue weighted by atomic mass is 10.2. The molecule has 0 aromatic heterocycles. The lowest BCUT2D eigenvalue weighted by Gasteiger charge is -2.14. The van der Waals surface area contributed by atoms with Crippen LogP contribution in [-0.4, -0.2) is 37.0 Å². The highest BCUT2D eigenvalue weighted by Crippen LogP contribution is 2.08. The Morgan fingerprint density at radius 3 is 2.57 bits per heavy atom. The average molecular weight is 218 g/mol. The second kappa shape index (κ2) is 8.12. The fourth-order valence-corrected chi connectivity index (χ4v) is 1.46. The summed E-state index contributed by atoms with van der Waals surface area (Å²) in [4.78, 5) is 11.0. The Balaban J connectivity index is 3.44. The van der Waals surface area contributed by atoms with Gasteiger partial charge in [0.25, 0.3) is 0 Å². The quantitative estimate of drug-likeness (QED) is 0.675. The molecule has 0 heterocycles. The van der Waals surface area contributed by atoms with Crippen molar-refractivity contribution < 1.29 is 4.79 Å².